The van der Waals surface area contributed by atoms with E-state index >= 15 is 0 Å². The second-order valence-corrected chi connectivity index (χ2v) is 7.41. The molecule has 1 N–H and O–H groups in total. The van der Waals surface area contributed by atoms with Gasteiger partial charge in [-0.25, -0.2) is 4.68 Å². The van der Waals surface area contributed by atoms with Crippen LogP contribution in [-0.4, -0.2) is 22.8 Å². The second-order valence-electron chi connectivity index (χ2n) is 7.41. The van der Waals surface area contributed by atoms with Gasteiger partial charge in [0.15, 0.2) is 0 Å². The lowest BCUT2D eigenvalue weighted by molar-refractivity contribution is -0.117. The van der Waals surface area contributed by atoms with E-state index in [9.17, 15) is 4.79 Å². The van der Waals surface area contributed by atoms with Gasteiger partial charge >= 0.3 is 0 Å². The molecule has 2 saturated carbocycles. The summed E-state index contributed by atoms with van der Waals surface area (Å²) in [6.45, 7) is 0.626. The van der Waals surface area contributed by atoms with Crippen LogP contribution < -0.4 is 10.1 Å². The van der Waals surface area contributed by atoms with Crippen LogP contribution in [0.1, 0.15) is 37.7 Å². The third-order valence-corrected chi connectivity index (χ3v) is 5.81. The minimum absolute atomic E-state index is 0.119. The highest BCUT2D eigenvalue weighted by atomic mass is 16.5. The van der Waals surface area contributed by atoms with Crippen molar-refractivity contribution in [2.45, 2.75) is 38.6 Å². The molecular weight excluding hydrogens is 314 g/mol. The molecule has 3 atom stereocenters. The zero-order chi connectivity index (χ0) is 17.2. The maximum atomic E-state index is 12.5. The van der Waals surface area contributed by atoms with Gasteiger partial charge in [0.2, 0.25) is 5.91 Å². The quantitative estimate of drug-likeness (QED) is 0.873. The average molecular weight is 339 g/mol. The van der Waals surface area contributed by atoms with Gasteiger partial charge < -0.3 is 10.1 Å². The van der Waals surface area contributed by atoms with Crippen molar-refractivity contribution in [3.63, 3.8) is 0 Å². The lowest BCUT2D eigenvalue weighted by Crippen LogP contribution is -2.22. The Morgan fingerprint density at radius 3 is 2.76 bits per heavy atom. The number of nitrogens with zero attached hydrogens (tertiary/aromatic N) is 2. The Bertz CT molecular complexity index is 738. The SMILES string of the molecule is COc1ccc(Cn2nccc2NC(=O)C[C@H]2C[C@H]3CC[C@H]2C3)cc1. The molecule has 5 nitrogen and oxygen atoms in total. The van der Waals surface area contributed by atoms with Gasteiger partial charge in [0.1, 0.15) is 11.6 Å². The normalized spacial score (nSPS) is 24.4. The van der Waals surface area contributed by atoms with Gasteiger partial charge in [-0.05, 0) is 54.7 Å². The fourth-order valence-electron chi connectivity index (χ4n) is 4.53. The summed E-state index contributed by atoms with van der Waals surface area (Å²) in [5.41, 5.74) is 1.12. The highest BCUT2D eigenvalue weighted by molar-refractivity contribution is 5.90. The van der Waals surface area contributed by atoms with E-state index in [0.717, 1.165) is 29.0 Å². The summed E-state index contributed by atoms with van der Waals surface area (Å²) in [7, 11) is 1.66. The predicted octanol–water partition coefficient (Wildman–Crippen LogP) is 3.70. The smallest absolute Gasteiger partial charge is 0.225 e. The summed E-state index contributed by atoms with van der Waals surface area (Å²) in [4.78, 5) is 12.5. The molecule has 0 aliphatic heterocycles. The number of carbonyl (C=O) groups excluding carboxylic acids is 1. The van der Waals surface area contributed by atoms with Gasteiger partial charge in [-0.3, -0.25) is 4.79 Å². The summed E-state index contributed by atoms with van der Waals surface area (Å²) < 4.78 is 7.02. The van der Waals surface area contributed by atoms with Crippen LogP contribution in [0.5, 0.6) is 5.75 Å². The molecule has 4 rings (SSSR count). The van der Waals surface area contributed by atoms with E-state index < -0.39 is 0 Å². The number of rotatable bonds is 6. The number of hydrogen-bond acceptors (Lipinski definition) is 3. The third kappa shape index (κ3) is 3.55. The Hall–Kier alpha value is -2.30. The first-order chi connectivity index (χ1) is 12.2. The van der Waals surface area contributed by atoms with E-state index in [-0.39, 0.29) is 5.91 Å². The van der Waals surface area contributed by atoms with Crippen LogP contribution in [0, 0.1) is 17.8 Å². The van der Waals surface area contributed by atoms with E-state index in [2.05, 4.69) is 10.4 Å². The lowest BCUT2D eigenvalue weighted by Gasteiger charge is -2.21. The first-order valence-corrected chi connectivity index (χ1v) is 9.16. The maximum Gasteiger partial charge on any atom is 0.225 e. The molecule has 0 saturated heterocycles. The van der Waals surface area contributed by atoms with Crippen molar-refractivity contribution in [2.75, 3.05) is 12.4 Å². The molecule has 2 fully saturated rings. The molecular formula is C20H25N3O2. The Morgan fingerprint density at radius 1 is 1.24 bits per heavy atom. The van der Waals surface area contributed by atoms with Crippen molar-refractivity contribution in [3.8, 4) is 5.75 Å². The largest absolute Gasteiger partial charge is 0.497 e. The summed E-state index contributed by atoms with van der Waals surface area (Å²) in [6.07, 6.45) is 7.65. The van der Waals surface area contributed by atoms with Crippen molar-refractivity contribution < 1.29 is 9.53 Å². The maximum absolute atomic E-state index is 12.5. The Balaban J connectivity index is 1.36. The molecule has 2 aromatic rings. The minimum Gasteiger partial charge on any atom is -0.497 e. The van der Waals surface area contributed by atoms with Crippen molar-refractivity contribution in [3.05, 3.63) is 42.1 Å². The zero-order valence-corrected chi connectivity index (χ0v) is 14.6. The standard InChI is InChI=1S/C20H25N3O2/c1-25-18-6-3-14(4-7-18)13-23-19(8-9-21-23)22-20(24)12-17-11-15-2-5-16(17)10-15/h3-4,6-9,15-17H,2,5,10-13H2,1H3,(H,22,24)/t15-,16-,17+/m0/s1. The molecule has 2 aliphatic rings. The number of methoxy groups -OCH3 is 1. The van der Waals surface area contributed by atoms with Crippen LogP contribution in [0.25, 0.3) is 0 Å². The Labute approximate surface area is 148 Å². The van der Waals surface area contributed by atoms with Crippen molar-refractivity contribution in [1.29, 1.82) is 0 Å². The van der Waals surface area contributed by atoms with E-state index in [0.29, 0.717) is 18.9 Å². The number of amides is 1. The minimum atomic E-state index is 0.119. The number of benzene rings is 1. The summed E-state index contributed by atoms with van der Waals surface area (Å²) >= 11 is 0. The summed E-state index contributed by atoms with van der Waals surface area (Å²) in [5, 5.41) is 7.40. The van der Waals surface area contributed by atoms with Crippen LogP contribution in [-0.2, 0) is 11.3 Å². The molecule has 0 unspecified atom stereocenters. The van der Waals surface area contributed by atoms with E-state index in [1.807, 2.05) is 35.0 Å². The molecule has 1 aromatic heterocycles. The van der Waals surface area contributed by atoms with Gasteiger partial charge in [-0.1, -0.05) is 18.6 Å². The van der Waals surface area contributed by atoms with Gasteiger partial charge in [0.05, 0.1) is 19.9 Å². The number of anilines is 1. The molecule has 5 heteroatoms. The van der Waals surface area contributed by atoms with Gasteiger partial charge in [0, 0.05) is 12.5 Å². The molecule has 0 spiro atoms. The average Bonchev–Trinajstić information content (AvgIpc) is 3.33. The number of hydrogen-bond donors (Lipinski definition) is 1. The number of nitrogens with one attached hydrogen (secondary N) is 1. The molecule has 2 aliphatic carbocycles. The summed E-state index contributed by atoms with van der Waals surface area (Å²) in [6, 6.07) is 9.77. The van der Waals surface area contributed by atoms with Crippen molar-refractivity contribution >= 4 is 11.7 Å². The third-order valence-electron chi connectivity index (χ3n) is 5.81. The number of fused-ring (bicyclic) bond motifs is 2. The highest BCUT2D eigenvalue weighted by Crippen LogP contribution is 2.49. The zero-order valence-electron chi connectivity index (χ0n) is 14.6. The molecule has 132 valence electrons. The van der Waals surface area contributed by atoms with Gasteiger partial charge in [-0.15, -0.1) is 0 Å². The van der Waals surface area contributed by atoms with Gasteiger partial charge in [0.25, 0.3) is 0 Å². The lowest BCUT2D eigenvalue weighted by atomic mass is 9.86. The van der Waals surface area contributed by atoms with Crippen molar-refractivity contribution in [1.82, 2.24) is 9.78 Å². The van der Waals surface area contributed by atoms with Gasteiger partial charge in [-0.2, -0.15) is 5.10 Å². The van der Waals surface area contributed by atoms with E-state index in [1.54, 1.807) is 13.3 Å². The predicted molar refractivity (Wildman–Crippen MR) is 96.5 cm³/mol. The summed E-state index contributed by atoms with van der Waals surface area (Å²) in [5.74, 6) is 3.96. The number of aromatic nitrogens is 2. The second kappa shape index (κ2) is 6.90. The van der Waals surface area contributed by atoms with Crippen LogP contribution in [0.15, 0.2) is 36.5 Å². The molecule has 1 heterocycles. The fourth-order valence-corrected chi connectivity index (χ4v) is 4.53. The monoisotopic (exact) mass is 339 g/mol. The molecule has 25 heavy (non-hydrogen) atoms. The molecule has 2 bridgehead atoms. The number of ether oxygens (including phenoxy) is 1. The first kappa shape index (κ1) is 16.2. The first-order valence-electron chi connectivity index (χ1n) is 9.16. The fraction of sp³-hybridized carbons (Fsp3) is 0.500. The topological polar surface area (TPSA) is 56.1 Å². The molecule has 1 amide bonds. The number of carbonyl (C=O) groups is 1. The Morgan fingerprint density at radius 2 is 2.08 bits per heavy atom. The van der Waals surface area contributed by atoms with Crippen molar-refractivity contribution in [2.24, 2.45) is 17.8 Å². The molecule has 0 radical (unpaired) electrons. The van der Waals surface area contributed by atoms with E-state index in [4.69, 9.17) is 4.74 Å². The Kier molecular flexibility index (Phi) is 4.47. The molecule has 1 aromatic carbocycles. The van der Waals surface area contributed by atoms with Crippen LogP contribution in [0.4, 0.5) is 5.82 Å². The van der Waals surface area contributed by atoms with E-state index in [1.165, 1.54) is 25.7 Å². The highest BCUT2D eigenvalue weighted by Gasteiger charge is 2.40. The van der Waals surface area contributed by atoms with Crippen LogP contribution >= 0.6 is 0 Å². The van der Waals surface area contributed by atoms with Crippen LogP contribution in [0.3, 0.4) is 0 Å². The van der Waals surface area contributed by atoms with Crippen LogP contribution in [0.2, 0.25) is 0 Å².